The molecule has 130 valence electrons. The third-order valence-electron chi connectivity index (χ3n) is 3.71. The van der Waals surface area contributed by atoms with Crippen molar-refractivity contribution >= 4 is 18.0 Å². The molecule has 0 aromatic carbocycles. The van der Waals surface area contributed by atoms with E-state index in [0.717, 1.165) is 32.1 Å². The minimum absolute atomic E-state index is 0.130. The summed E-state index contributed by atoms with van der Waals surface area (Å²) < 4.78 is 5.00. The quantitative estimate of drug-likeness (QED) is 0.291. The summed E-state index contributed by atoms with van der Waals surface area (Å²) in [6.07, 6.45) is 11.8. The number of ether oxygens (including phenoxy) is 1. The number of allylic oxidation sites excluding steroid dienone is 3. The topological polar surface area (TPSA) is 60.4 Å². The van der Waals surface area contributed by atoms with Crippen LogP contribution in [0, 0.1) is 5.41 Å². The van der Waals surface area contributed by atoms with Gasteiger partial charge in [0.05, 0.1) is 12.0 Å². The van der Waals surface area contributed by atoms with E-state index in [1.165, 1.54) is 5.57 Å². The second-order valence-corrected chi connectivity index (χ2v) is 6.02. The maximum absolute atomic E-state index is 11.5. The van der Waals surface area contributed by atoms with Crippen LogP contribution in [0.2, 0.25) is 0 Å². The van der Waals surface area contributed by atoms with Gasteiger partial charge in [-0.3, -0.25) is 14.4 Å². The Morgan fingerprint density at radius 1 is 1.26 bits per heavy atom. The van der Waals surface area contributed by atoms with Crippen molar-refractivity contribution < 1.29 is 19.1 Å². The number of carbonyl (C=O) groups is 3. The zero-order valence-electron chi connectivity index (χ0n) is 14.9. The van der Waals surface area contributed by atoms with Crippen molar-refractivity contribution in [1.29, 1.82) is 0 Å². The van der Waals surface area contributed by atoms with Gasteiger partial charge in [0.1, 0.15) is 0 Å². The molecule has 1 aliphatic rings. The molecule has 23 heavy (non-hydrogen) atoms. The first kappa shape index (κ1) is 21.3. The highest BCUT2D eigenvalue weighted by molar-refractivity contribution is 6.24. The Bertz CT molecular complexity index is 448. The number of unbranched alkanes of at least 4 members (excludes halogenated alkanes) is 3. The third-order valence-corrected chi connectivity index (χ3v) is 3.71. The van der Waals surface area contributed by atoms with Crippen LogP contribution in [0.1, 0.15) is 66.2 Å². The molecule has 0 saturated carbocycles. The van der Waals surface area contributed by atoms with Crippen LogP contribution >= 0.6 is 0 Å². The minimum Gasteiger partial charge on any atom is -0.465 e. The van der Waals surface area contributed by atoms with E-state index in [2.05, 4.69) is 13.0 Å². The summed E-state index contributed by atoms with van der Waals surface area (Å²) in [5.41, 5.74) is 0.761. The van der Waals surface area contributed by atoms with Crippen LogP contribution in [0.5, 0.6) is 0 Å². The Morgan fingerprint density at radius 3 is 2.43 bits per heavy atom. The van der Waals surface area contributed by atoms with E-state index in [1.807, 2.05) is 32.9 Å². The van der Waals surface area contributed by atoms with E-state index in [1.54, 1.807) is 0 Å². The van der Waals surface area contributed by atoms with Gasteiger partial charge < -0.3 is 4.74 Å². The van der Waals surface area contributed by atoms with Crippen molar-refractivity contribution in [2.45, 2.75) is 66.2 Å². The minimum atomic E-state index is -0.449. The van der Waals surface area contributed by atoms with Gasteiger partial charge in [-0.05, 0) is 33.6 Å². The Balaban J connectivity index is 0.000000438. The van der Waals surface area contributed by atoms with Crippen LogP contribution in [-0.4, -0.2) is 24.6 Å². The van der Waals surface area contributed by atoms with E-state index in [-0.39, 0.29) is 11.8 Å². The molecular weight excluding hydrogens is 292 g/mol. The second kappa shape index (κ2) is 11.8. The summed E-state index contributed by atoms with van der Waals surface area (Å²) in [6.45, 7) is 8.33. The summed E-state index contributed by atoms with van der Waals surface area (Å²) in [7, 11) is 0. The molecule has 0 saturated heterocycles. The number of rotatable bonds is 8. The van der Waals surface area contributed by atoms with Crippen LogP contribution in [-0.2, 0) is 19.1 Å². The van der Waals surface area contributed by atoms with E-state index >= 15 is 0 Å². The van der Waals surface area contributed by atoms with Crippen molar-refractivity contribution in [2.75, 3.05) is 6.61 Å². The predicted molar refractivity (Wildman–Crippen MR) is 92.1 cm³/mol. The molecule has 0 heterocycles. The van der Waals surface area contributed by atoms with E-state index in [4.69, 9.17) is 4.74 Å². The molecule has 0 aliphatic heterocycles. The van der Waals surface area contributed by atoms with Gasteiger partial charge in [0, 0.05) is 6.42 Å². The van der Waals surface area contributed by atoms with Crippen molar-refractivity contribution in [3.05, 3.63) is 23.8 Å². The molecule has 4 heteroatoms. The SMILES string of the molecule is CCCCCCC(=O)C=O.CCOC(=O)C1(C)C=CC(C)=CC1. The average Bonchev–Trinajstić information content (AvgIpc) is 2.55. The predicted octanol–water partition coefficient (Wildman–Crippen LogP) is 4.19. The zero-order valence-corrected chi connectivity index (χ0v) is 14.9. The Morgan fingerprint density at radius 2 is 1.96 bits per heavy atom. The molecule has 1 aliphatic carbocycles. The summed E-state index contributed by atoms with van der Waals surface area (Å²) in [6, 6.07) is 0. The van der Waals surface area contributed by atoms with Crippen LogP contribution in [0.3, 0.4) is 0 Å². The van der Waals surface area contributed by atoms with Crippen LogP contribution in [0.4, 0.5) is 0 Å². The molecule has 0 fully saturated rings. The van der Waals surface area contributed by atoms with Gasteiger partial charge >= 0.3 is 5.97 Å². The Kier molecular flexibility index (Phi) is 10.9. The molecule has 0 N–H and O–H groups in total. The molecule has 0 bridgehead atoms. The lowest BCUT2D eigenvalue weighted by molar-refractivity contribution is -0.151. The first-order valence-corrected chi connectivity index (χ1v) is 8.40. The first-order chi connectivity index (χ1) is 10.9. The van der Waals surface area contributed by atoms with Crippen molar-refractivity contribution in [1.82, 2.24) is 0 Å². The Hall–Kier alpha value is -1.71. The standard InChI is InChI=1S/C11H16O2.C8H14O2/c1-4-13-10(12)11(3)7-5-9(2)6-8-11;1-2-3-4-5-6-8(10)7-9/h5-7H,4,8H2,1-3H3;7H,2-6H2,1H3. The molecule has 0 spiro atoms. The molecule has 1 unspecified atom stereocenters. The molecular formula is C19H30O4. The number of hydrogen-bond donors (Lipinski definition) is 0. The van der Waals surface area contributed by atoms with Crippen molar-refractivity contribution in [3.63, 3.8) is 0 Å². The van der Waals surface area contributed by atoms with Gasteiger partial charge in [-0.25, -0.2) is 0 Å². The van der Waals surface area contributed by atoms with Gasteiger partial charge in [0.25, 0.3) is 0 Å². The summed E-state index contributed by atoms with van der Waals surface area (Å²) in [5.74, 6) is -0.397. The number of ketones is 1. The molecule has 1 rings (SSSR count). The molecule has 4 nitrogen and oxygen atoms in total. The lowest BCUT2D eigenvalue weighted by Gasteiger charge is -2.24. The van der Waals surface area contributed by atoms with Gasteiger partial charge in [-0.1, -0.05) is 50.0 Å². The number of carbonyl (C=O) groups excluding carboxylic acids is 3. The van der Waals surface area contributed by atoms with Crippen LogP contribution in [0.15, 0.2) is 23.8 Å². The van der Waals surface area contributed by atoms with Crippen LogP contribution < -0.4 is 0 Å². The maximum atomic E-state index is 11.5. The summed E-state index contributed by atoms with van der Waals surface area (Å²) >= 11 is 0. The van der Waals surface area contributed by atoms with Gasteiger partial charge in [0.15, 0.2) is 12.1 Å². The number of hydrogen-bond acceptors (Lipinski definition) is 4. The third kappa shape index (κ3) is 9.11. The summed E-state index contributed by atoms with van der Waals surface area (Å²) in [5, 5.41) is 0. The van der Waals surface area contributed by atoms with Gasteiger partial charge in [0.2, 0.25) is 0 Å². The molecule has 0 radical (unpaired) electrons. The van der Waals surface area contributed by atoms with E-state index in [9.17, 15) is 14.4 Å². The van der Waals surface area contributed by atoms with Gasteiger partial charge in [-0.2, -0.15) is 0 Å². The van der Waals surface area contributed by atoms with E-state index in [0.29, 0.717) is 19.3 Å². The van der Waals surface area contributed by atoms with Crippen molar-refractivity contribution in [2.24, 2.45) is 5.41 Å². The highest BCUT2D eigenvalue weighted by Gasteiger charge is 2.32. The van der Waals surface area contributed by atoms with E-state index < -0.39 is 5.41 Å². The number of Topliss-reactive ketones (excluding diaryl/α,β-unsaturated/α-hetero) is 1. The normalized spacial score (nSPS) is 19.2. The largest absolute Gasteiger partial charge is 0.465 e. The van der Waals surface area contributed by atoms with Gasteiger partial charge in [-0.15, -0.1) is 0 Å². The monoisotopic (exact) mass is 322 g/mol. The highest BCUT2D eigenvalue weighted by Crippen LogP contribution is 2.30. The average molecular weight is 322 g/mol. The molecule has 1 atom stereocenters. The highest BCUT2D eigenvalue weighted by atomic mass is 16.5. The fourth-order valence-electron chi connectivity index (χ4n) is 2.06. The number of aldehydes is 1. The first-order valence-electron chi connectivity index (χ1n) is 8.40. The lowest BCUT2D eigenvalue weighted by Crippen LogP contribution is -2.28. The zero-order chi connectivity index (χ0) is 17.7. The van der Waals surface area contributed by atoms with Crippen molar-refractivity contribution in [3.8, 4) is 0 Å². The second-order valence-electron chi connectivity index (χ2n) is 6.02. The fraction of sp³-hybridized carbons (Fsp3) is 0.632. The number of esters is 1. The molecule has 0 amide bonds. The fourth-order valence-corrected chi connectivity index (χ4v) is 2.06. The maximum Gasteiger partial charge on any atom is 0.315 e. The summed E-state index contributed by atoms with van der Waals surface area (Å²) in [4.78, 5) is 31.7. The molecule has 0 aromatic heterocycles. The molecule has 0 aromatic rings. The smallest absolute Gasteiger partial charge is 0.315 e. The van der Waals surface area contributed by atoms with Crippen LogP contribution in [0.25, 0.3) is 0 Å². The lowest BCUT2D eigenvalue weighted by atomic mass is 9.82. The Labute approximate surface area is 140 Å².